The predicted octanol–water partition coefficient (Wildman–Crippen LogP) is 2.83. The minimum Gasteiger partial charge on any atom is -0.351 e. The van der Waals surface area contributed by atoms with Crippen LogP contribution in [0.2, 0.25) is 0 Å². The molecular weight excluding hydrogens is 290 g/mol. The Labute approximate surface area is 134 Å². The number of hydroxylamine groups is 2. The second-order valence-electron chi connectivity index (χ2n) is 5.36. The molecule has 0 aliphatic heterocycles. The van der Waals surface area contributed by atoms with E-state index < -0.39 is 0 Å². The maximum Gasteiger partial charge on any atom is 0.253 e. The summed E-state index contributed by atoms with van der Waals surface area (Å²) in [5.41, 5.74) is 2.11. The summed E-state index contributed by atoms with van der Waals surface area (Å²) in [6.07, 6.45) is 0. The zero-order chi connectivity index (χ0) is 16.2. The molecule has 0 unspecified atom stereocenters. The number of rotatable bonds is 5. The molecule has 1 heterocycles. The van der Waals surface area contributed by atoms with Crippen LogP contribution in [0.15, 0.2) is 48.5 Å². The highest BCUT2D eigenvalue weighted by molar-refractivity contribution is 6.07. The maximum atomic E-state index is 12.4. The van der Waals surface area contributed by atoms with Gasteiger partial charge in [-0.2, -0.15) is 5.06 Å². The number of pyridine rings is 1. The van der Waals surface area contributed by atoms with Crippen molar-refractivity contribution in [3.05, 3.63) is 54.1 Å². The topological polar surface area (TPSA) is 65.5 Å². The number of hydrogen-bond acceptors (Lipinski definition) is 4. The fourth-order valence-electron chi connectivity index (χ4n) is 2.54. The van der Waals surface area contributed by atoms with E-state index in [1.807, 2.05) is 49.4 Å². The van der Waals surface area contributed by atoms with Gasteiger partial charge in [0.05, 0.1) is 16.6 Å². The summed E-state index contributed by atoms with van der Waals surface area (Å²) in [5, 5.41) is 15.4. The van der Waals surface area contributed by atoms with Crippen LogP contribution in [0.25, 0.3) is 21.8 Å². The van der Waals surface area contributed by atoms with Crippen LogP contribution in [0.4, 0.5) is 0 Å². The summed E-state index contributed by atoms with van der Waals surface area (Å²) in [6.45, 7) is 3.15. The number of nitrogens with one attached hydrogen (secondary N) is 1. The number of benzene rings is 2. The van der Waals surface area contributed by atoms with Gasteiger partial charge in [-0.1, -0.05) is 37.3 Å². The summed E-state index contributed by atoms with van der Waals surface area (Å²) in [4.78, 5) is 17.1. The molecule has 5 heteroatoms. The molecule has 3 aromatic rings. The van der Waals surface area contributed by atoms with Gasteiger partial charge in [0.1, 0.15) is 0 Å². The van der Waals surface area contributed by atoms with Crippen LogP contribution in [0.1, 0.15) is 17.3 Å². The summed E-state index contributed by atoms with van der Waals surface area (Å²) < 4.78 is 0. The first-order valence-electron chi connectivity index (χ1n) is 7.69. The lowest BCUT2D eigenvalue weighted by molar-refractivity contribution is -0.0841. The number of amides is 1. The van der Waals surface area contributed by atoms with E-state index in [9.17, 15) is 10.0 Å². The van der Waals surface area contributed by atoms with Crippen LogP contribution >= 0.6 is 0 Å². The molecule has 0 saturated carbocycles. The van der Waals surface area contributed by atoms with Gasteiger partial charge in [-0.15, -0.1) is 0 Å². The molecule has 0 aliphatic carbocycles. The van der Waals surface area contributed by atoms with Crippen molar-refractivity contribution in [2.24, 2.45) is 0 Å². The molecule has 2 aromatic carbocycles. The zero-order valence-electron chi connectivity index (χ0n) is 13.0. The molecule has 0 spiro atoms. The highest BCUT2D eigenvalue weighted by Gasteiger charge is 2.12. The lowest BCUT2D eigenvalue weighted by Crippen LogP contribution is -2.33. The van der Waals surface area contributed by atoms with Crippen LogP contribution in [0.3, 0.4) is 0 Å². The molecule has 0 saturated heterocycles. The van der Waals surface area contributed by atoms with Gasteiger partial charge in [0, 0.05) is 30.4 Å². The quantitative estimate of drug-likeness (QED) is 0.562. The number of fused-ring (bicyclic) bond motifs is 2. The van der Waals surface area contributed by atoms with Gasteiger partial charge in [-0.05, 0) is 18.2 Å². The number of hydrogen-bond donors (Lipinski definition) is 2. The van der Waals surface area contributed by atoms with E-state index in [2.05, 4.69) is 10.3 Å². The molecule has 0 bridgehead atoms. The molecule has 118 valence electrons. The Morgan fingerprint density at radius 1 is 1.17 bits per heavy atom. The summed E-state index contributed by atoms with van der Waals surface area (Å²) in [5.74, 6) is -0.178. The monoisotopic (exact) mass is 309 g/mol. The van der Waals surface area contributed by atoms with E-state index in [1.54, 1.807) is 6.07 Å². The Morgan fingerprint density at radius 2 is 1.96 bits per heavy atom. The summed E-state index contributed by atoms with van der Waals surface area (Å²) >= 11 is 0. The van der Waals surface area contributed by atoms with Crippen molar-refractivity contribution in [1.29, 1.82) is 0 Å². The van der Waals surface area contributed by atoms with E-state index in [-0.39, 0.29) is 5.91 Å². The van der Waals surface area contributed by atoms with Crippen LogP contribution in [-0.2, 0) is 0 Å². The Balaban J connectivity index is 1.91. The van der Waals surface area contributed by atoms with E-state index in [0.717, 1.165) is 21.4 Å². The molecule has 0 atom stereocenters. The number of para-hydroxylation sites is 2. The Kier molecular flexibility index (Phi) is 4.50. The minimum absolute atomic E-state index is 0.178. The van der Waals surface area contributed by atoms with Gasteiger partial charge in [-0.25, -0.2) is 4.98 Å². The third kappa shape index (κ3) is 3.31. The Hall–Kier alpha value is -2.50. The largest absolute Gasteiger partial charge is 0.351 e. The van der Waals surface area contributed by atoms with Crippen molar-refractivity contribution in [3.8, 4) is 0 Å². The first-order valence-corrected chi connectivity index (χ1v) is 7.69. The SMILES string of the molecule is CCN(O)CCNC(=O)c1cccc2cc3ccccc3nc12. The van der Waals surface area contributed by atoms with Gasteiger partial charge >= 0.3 is 0 Å². The standard InChI is InChI=1S/C18H19N3O2/c1-2-21(23)11-10-19-18(22)15-8-5-7-14-12-13-6-3-4-9-16(13)20-17(14)15/h3-9,12,23H,2,10-11H2,1H3,(H,19,22). The molecule has 23 heavy (non-hydrogen) atoms. The molecule has 1 amide bonds. The number of carbonyl (C=O) groups excluding carboxylic acids is 1. The predicted molar refractivity (Wildman–Crippen MR) is 90.6 cm³/mol. The molecule has 0 radical (unpaired) electrons. The third-order valence-electron chi connectivity index (χ3n) is 3.81. The number of nitrogens with zero attached hydrogens (tertiary/aromatic N) is 2. The summed E-state index contributed by atoms with van der Waals surface area (Å²) in [6, 6.07) is 15.5. The molecule has 1 aromatic heterocycles. The zero-order valence-corrected chi connectivity index (χ0v) is 13.0. The molecular formula is C18H19N3O2. The first kappa shape index (κ1) is 15.4. The van der Waals surface area contributed by atoms with Crippen LogP contribution in [0, 0.1) is 0 Å². The molecule has 3 rings (SSSR count). The van der Waals surface area contributed by atoms with Crippen molar-refractivity contribution < 1.29 is 10.0 Å². The molecule has 0 fully saturated rings. The minimum atomic E-state index is -0.178. The van der Waals surface area contributed by atoms with E-state index in [1.165, 1.54) is 0 Å². The molecule has 2 N–H and O–H groups in total. The van der Waals surface area contributed by atoms with E-state index >= 15 is 0 Å². The normalized spacial score (nSPS) is 11.3. The smallest absolute Gasteiger partial charge is 0.253 e. The Morgan fingerprint density at radius 3 is 2.78 bits per heavy atom. The lowest BCUT2D eigenvalue weighted by Gasteiger charge is -2.13. The maximum absolute atomic E-state index is 12.4. The van der Waals surface area contributed by atoms with Crippen LogP contribution in [0.5, 0.6) is 0 Å². The van der Waals surface area contributed by atoms with Gasteiger partial charge in [0.2, 0.25) is 0 Å². The van der Waals surface area contributed by atoms with Crippen LogP contribution in [-0.4, -0.2) is 40.8 Å². The third-order valence-corrected chi connectivity index (χ3v) is 3.81. The fourth-order valence-corrected chi connectivity index (χ4v) is 2.54. The van der Waals surface area contributed by atoms with Crippen molar-refractivity contribution in [3.63, 3.8) is 0 Å². The average molecular weight is 309 g/mol. The second kappa shape index (κ2) is 6.73. The Bertz CT molecular complexity index is 848. The van der Waals surface area contributed by atoms with Crippen molar-refractivity contribution >= 4 is 27.7 Å². The number of likely N-dealkylation sites (N-methyl/N-ethyl adjacent to an activating group) is 1. The lowest BCUT2D eigenvalue weighted by atomic mass is 10.1. The average Bonchev–Trinajstić information content (AvgIpc) is 2.59. The van der Waals surface area contributed by atoms with Gasteiger partial charge in [0.15, 0.2) is 0 Å². The number of carbonyl (C=O) groups is 1. The van der Waals surface area contributed by atoms with E-state index in [0.29, 0.717) is 30.7 Å². The van der Waals surface area contributed by atoms with Crippen molar-refractivity contribution in [1.82, 2.24) is 15.4 Å². The second-order valence-corrected chi connectivity index (χ2v) is 5.36. The van der Waals surface area contributed by atoms with E-state index in [4.69, 9.17) is 0 Å². The summed E-state index contributed by atoms with van der Waals surface area (Å²) in [7, 11) is 0. The molecule has 5 nitrogen and oxygen atoms in total. The highest BCUT2D eigenvalue weighted by Crippen LogP contribution is 2.22. The van der Waals surface area contributed by atoms with Gasteiger partial charge in [-0.3, -0.25) is 4.79 Å². The van der Waals surface area contributed by atoms with Crippen molar-refractivity contribution in [2.75, 3.05) is 19.6 Å². The van der Waals surface area contributed by atoms with Crippen molar-refractivity contribution in [2.45, 2.75) is 6.92 Å². The fraction of sp³-hybridized carbons (Fsp3) is 0.222. The molecule has 0 aliphatic rings. The number of aromatic nitrogens is 1. The highest BCUT2D eigenvalue weighted by atomic mass is 16.5. The van der Waals surface area contributed by atoms with Crippen LogP contribution < -0.4 is 5.32 Å². The first-order chi connectivity index (χ1) is 11.2. The van der Waals surface area contributed by atoms with Gasteiger partial charge in [0.25, 0.3) is 5.91 Å². The van der Waals surface area contributed by atoms with Gasteiger partial charge < -0.3 is 10.5 Å².